The third kappa shape index (κ3) is 4.44. The van der Waals surface area contributed by atoms with E-state index in [1.54, 1.807) is 29.2 Å². The highest BCUT2D eigenvalue weighted by molar-refractivity contribution is 6.08. The second kappa shape index (κ2) is 9.64. The van der Waals surface area contributed by atoms with Gasteiger partial charge in [-0.15, -0.1) is 0 Å². The van der Waals surface area contributed by atoms with Gasteiger partial charge < -0.3 is 10.6 Å². The van der Waals surface area contributed by atoms with Crippen molar-refractivity contribution in [3.8, 4) is 0 Å². The van der Waals surface area contributed by atoms with E-state index in [2.05, 4.69) is 4.98 Å². The number of benzene rings is 1. The van der Waals surface area contributed by atoms with Gasteiger partial charge in [-0.05, 0) is 49.9 Å². The zero-order valence-electron chi connectivity index (χ0n) is 19.0. The van der Waals surface area contributed by atoms with Crippen LogP contribution in [0.2, 0.25) is 0 Å². The summed E-state index contributed by atoms with van der Waals surface area (Å²) in [4.78, 5) is 56.6. The highest BCUT2D eigenvalue weighted by Crippen LogP contribution is 2.31. The van der Waals surface area contributed by atoms with Crippen LogP contribution in [-0.2, 0) is 11.3 Å². The van der Waals surface area contributed by atoms with Crippen LogP contribution in [0.25, 0.3) is 0 Å². The number of nitrogens with one attached hydrogen (secondary N) is 1. The summed E-state index contributed by atoms with van der Waals surface area (Å²) in [7, 11) is 0. The molecule has 1 aliphatic heterocycles. The van der Waals surface area contributed by atoms with Crippen molar-refractivity contribution in [3.63, 3.8) is 0 Å². The first-order valence-corrected chi connectivity index (χ1v) is 11.8. The lowest BCUT2D eigenvalue weighted by molar-refractivity contribution is -0.117. The third-order valence-corrected chi connectivity index (χ3v) is 6.60. The average Bonchev–Trinajstić information content (AvgIpc) is 3.48. The molecule has 176 valence electrons. The molecule has 2 heterocycles. The van der Waals surface area contributed by atoms with Gasteiger partial charge in [-0.1, -0.05) is 26.2 Å². The van der Waals surface area contributed by atoms with E-state index in [4.69, 9.17) is 5.73 Å². The van der Waals surface area contributed by atoms with Crippen molar-refractivity contribution < 1.29 is 9.59 Å². The van der Waals surface area contributed by atoms with Gasteiger partial charge in [0.05, 0.1) is 0 Å². The van der Waals surface area contributed by atoms with Crippen LogP contribution < -0.4 is 26.8 Å². The van der Waals surface area contributed by atoms with Gasteiger partial charge in [0, 0.05) is 36.8 Å². The number of hydrogen-bond donors (Lipinski definition) is 2. The highest BCUT2D eigenvalue weighted by Gasteiger charge is 2.33. The van der Waals surface area contributed by atoms with Crippen molar-refractivity contribution >= 4 is 29.0 Å². The van der Waals surface area contributed by atoms with Gasteiger partial charge in [0.25, 0.3) is 11.5 Å². The molecule has 0 radical (unpaired) electrons. The van der Waals surface area contributed by atoms with Crippen LogP contribution in [-0.4, -0.2) is 34.0 Å². The van der Waals surface area contributed by atoms with E-state index in [0.717, 1.165) is 50.6 Å². The molecule has 33 heavy (non-hydrogen) atoms. The Morgan fingerprint density at radius 3 is 2.42 bits per heavy atom. The van der Waals surface area contributed by atoms with Gasteiger partial charge in [0.1, 0.15) is 5.82 Å². The summed E-state index contributed by atoms with van der Waals surface area (Å²) >= 11 is 0. The topological polar surface area (TPSA) is 121 Å². The number of nitrogens with two attached hydrogens (primary N) is 1. The standard InChI is InChI=1S/C24H31N5O4/c1-2-3-14-28-21(25)20(22(31)26-24(28)33)29(18-7-4-5-8-18)23(32)16-10-12-17(13-11-16)27-15-6-9-19(27)30/h10-13,18H,2-9,14-15,25H2,1H3,(H,26,31,33). The summed E-state index contributed by atoms with van der Waals surface area (Å²) in [6.45, 7) is 3.04. The number of amides is 2. The van der Waals surface area contributed by atoms with Crippen LogP contribution in [0.15, 0.2) is 33.9 Å². The number of aromatic amines is 1. The van der Waals surface area contributed by atoms with Gasteiger partial charge in [-0.2, -0.15) is 0 Å². The normalized spacial score (nSPS) is 16.5. The summed E-state index contributed by atoms with van der Waals surface area (Å²) in [6.07, 6.45) is 6.38. The highest BCUT2D eigenvalue weighted by atomic mass is 16.2. The average molecular weight is 454 g/mol. The van der Waals surface area contributed by atoms with Crippen molar-refractivity contribution in [2.24, 2.45) is 0 Å². The predicted molar refractivity (Wildman–Crippen MR) is 128 cm³/mol. The largest absolute Gasteiger partial charge is 0.383 e. The Morgan fingerprint density at radius 1 is 1.12 bits per heavy atom. The maximum absolute atomic E-state index is 13.7. The molecule has 9 heteroatoms. The van der Waals surface area contributed by atoms with E-state index in [1.165, 1.54) is 9.47 Å². The Kier molecular flexibility index (Phi) is 6.67. The van der Waals surface area contributed by atoms with Gasteiger partial charge in [-0.3, -0.25) is 28.8 Å². The van der Waals surface area contributed by atoms with Gasteiger partial charge >= 0.3 is 5.69 Å². The number of carbonyl (C=O) groups excluding carboxylic acids is 2. The van der Waals surface area contributed by atoms with Crippen LogP contribution >= 0.6 is 0 Å². The molecule has 2 amide bonds. The Balaban J connectivity index is 1.73. The van der Waals surface area contributed by atoms with Crippen molar-refractivity contribution in [2.75, 3.05) is 22.1 Å². The molecule has 2 fully saturated rings. The molecular weight excluding hydrogens is 422 g/mol. The molecule has 2 aliphatic rings. The Labute approximate surface area is 192 Å². The maximum atomic E-state index is 13.7. The molecule has 1 aromatic carbocycles. The summed E-state index contributed by atoms with van der Waals surface area (Å²) < 4.78 is 1.34. The van der Waals surface area contributed by atoms with E-state index in [9.17, 15) is 19.2 Å². The summed E-state index contributed by atoms with van der Waals surface area (Å²) in [5.41, 5.74) is 6.33. The molecule has 0 atom stereocenters. The first kappa shape index (κ1) is 22.8. The zero-order chi connectivity index (χ0) is 23.5. The lowest BCUT2D eigenvalue weighted by Crippen LogP contribution is -2.45. The SMILES string of the molecule is CCCCn1c(N)c(N(C(=O)c2ccc(N3CCCC3=O)cc2)C2CCCC2)c(=O)[nH]c1=O. The number of aromatic nitrogens is 2. The molecule has 3 N–H and O–H groups in total. The Morgan fingerprint density at radius 2 is 1.82 bits per heavy atom. The van der Waals surface area contributed by atoms with E-state index < -0.39 is 11.2 Å². The number of H-pyrrole nitrogens is 1. The van der Waals surface area contributed by atoms with Crippen molar-refractivity contribution in [1.82, 2.24) is 9.55 Å². The minimum absolute atomic E-state index is 0.0248. The number of nitrogens with zero attached hydrogens (tertiary/aromatic N) is 3. The van der Waals surface area contributed by atoms with Crippen LogP contribution in [0, 0.1) is 0 Å². The van der Waals surface area contributed by atoms with Gasteiger partial charge in [0.15, 0.2) is 5.69 Å². The van der Waals surface area contributed by atoms with E-state index in [1.807, 2.05) is 6.92 Å². The number of hydrogen-bond acceptors (Lipinski definition) is 5. The predicted octanol–water partition coefficient (Wildman–Crippen LogP) is 2.64. The molecule has 1 saturated heterocycles. The number of rotatable bonds is 7. The molecule has 4 rings (SSSR count). The van der Waals surface area contributed by atoms with Crippen molar-refractivity contribution in [3.05, 3.63) is 50.7 Å². The maximum Gasteiger partial charge on any atom is 0.330 e. The van der Waals surface area contributed by atoms with E-state index in [-0.39, 0.29) is 29.4 Å². The Bertz CT molecular complexity index is 1140. The molecule has 2 aromatic rings. The molecule has 9 nitrogen and oxygen atoms in total. The first-order valence-electron chi connectivity index (χ1n) is 11.8. The molecule has 0 bridgehead atoms. The molecule has 0 spiro atoms. The minimum atomic E-state index is -0.648. The monoisotopic (exact) mass is 453 g/mol. The lowest BCUT2D eigenvalue weighted by atomic mass is 10.1. The van der Waals surface area contributed by atoms with Crippen LogP contribution in [0.4, 0.5) is 17.2 Å². The van der Waals surface area contributed by atoms with Crippen LogP contribution in [0.3, 0.4) is 0 Å². The molecule has 1 aromatic heterocycles. The van der Waals surface area contributed by atoms with Crippen molar-refractivity contribution in [2.45, 2.75) is 70.9 Å². The van der Waals surface area contributed by atoms with E-state index in [0.29, 0.717) is 25.1 Å². The third-order valence-electron chi connectivity index (χ3n) is 6.60. The molecular formula is C24H31N5O4. The van der Waals surface area contributed by atoms with E-state index >= 15 is 0 Å². The summed E-state index contributed by atoms with van der Waals surface area (Å²) in [6, 6.07) is 6.72. The van der Waals surface area contributed by atoms with Gasteiger partial charge in [-0.25, -0.2) is 4.79 Å². The fourth-order valence-corrected chi connectivity index (χ4v) is 4.80. The fourth-order valence-electron chi connectivity index (χ4n) is 4.80. The number of nitrogen functional groups attached to an aromatic ring is 1. The number of carbonyl (C=O) groups is 2. The van der Waals surface area contributed by atoms with Crippen LogP contribution in [0.1, 0.15) is 68.6 Å². The first-order chi connectivity index (χ1) is 15.9. The lowest BCUT2D eigenvalue weighted by Gasteiger charge is -2.30. The second-order valence-electron chi connectivity index (χ2n) is 8.81. The van der Waals surface area contributed by atoms with Crippen molar-refractivity contribution in [1.29, 1.82) is 0 Å². The summed E-state index contributed by atoms with van der Waals surface area (Å²) in [5.74, 6) is -0.230. The molecule has 0 unspecified atom stereocenters. The number of anilines is 3. The quantitative estimate of drug-likeness (QED) is 0.667. The summed E-state index contributed by atoms with van der Waals surface area (Å²) in [5, 5.41) is 0. The van der Waals surface area contributed by atoms with Crippen LogP contribution in [0.5, 0.6) is 0 Å². The smallest absolute Gasteiger partial charge is 0.330 e. The number of unbranched alkanes of at least 4 members (excludes halogenated alkanes) is 1. The molecule has 1 aliphatic carbocycles. The van der Waals surface area contributed by atoms with Gasteiger partial charge in [0.2, 0.25) is 5.91 Å². The fraction of sp³-hybridized carbons (Fsp3) is 0.500. The Hall–Kier alpha value is -3.36. The minimum Gasteiger partial charge on any atom is -0.383 e. The molecule has 1 saturated carbocycles. The zero-order valence-corrected chi connectivity index (χ0v) is 19.0. The second-order valence-corrected chi connectivity index (χ2v) is 8.81.